The summed E-state index contributed by atoms with van der Waals surface area (Å²) in [4.78, 5) is 11.5. The van der Waals surface area contributed by atoms with E-state index < -0.39 is 0 Å². The lowest BCUT2D eigenvalue weighted by atomic mass is 10.1. The second-order valence-electron chi connectivity index (χ2n) is 5.90. The zero-order valence-electron chi connectivity index (χ0n) is 14.4. The van der Waals surface area contributed by atoms with E-state index in [9.17, 15) is 4.79 Å². The van der Waals surface area contributed by atoms with Gasteiger partial charge in [0.25, 0.3) is 0 Å². The second-order valence-corrected chi connectivity index (χ2v) is 6.30. The van der Waals surface area contributed by atoms with E-state index in [-0.39, 0.29) is 0 Å². The smallest absolute Gasteiger partial charge is 0.153 e. The third kappa shape index (κ3) is 4.24. The molecule has 0 amide bonds. The number of halogens is 1. The van der Waals surface area contributed by atoms with Gasteiger partial charge in [0.1, 0.15) is 24.7 Å². The van der Waals surface area contributed by atoms with Crippen molar-refractivity contribution < 1.29 is 14.3 Å². The Bertz CT molecular complexity index is 877. The van der Waals surface area contributed by atoms with Crippen LogP contribution in [0.25, 0.3) is 0 Å². The second kappa shape index (κ2) is 8.54. The summed E-state index contributed by atoms with van der Waals surface area (Å²) < 4.78 is 11.8. The molecule has 0 fully saturated rings. The molecule has 0 bridgehead atoms. The van der Waals surface area contributed by atoms with Gasteiger partial charge in [0.05, 0.1) is 10.6 Å². The van der Waals surface area contributed by atoms with Gasteiger partial charge in [0, 0.05) is 5.56 Å². The van der Waals surface area contributed by atoms with E-state index in [1.165, 1.54) is 0 Å². The monoisotopic (exact) mass is 366 g/mol. The van der Waals surface area contributed by atoms with Crippen molar-refractivity contribution in [3.63, 3.8) is 0 Å². The van der Waals surface area contributed by atoms with Gasteiger partial charge in [-0.3, -0.25) is 4.79 Å². The molecule has 132 valence electrons. The number of ether oxygens (including phenoxy) is 2. The van der Waals surface area contributed by atoms with Crippen molar-refractivity contribution >= 4 is 17.9 Å². The normalized spacial score (nSPS) is 10.4. The third-order valence-electron chi connectivity index (χ3n) is 4.02. The minimum Gasteiger partial charge on any atom is -0.488 e. The summed E-state index contributed by atoms with van der Waals surface area (Å²) in [5.74, 6) is 1.03. The van der Waals surface area contributed by atoms with Gasteiger partial charge < -0.3 is 9.47 Å². The molecule has 0 saturated carbocycles. The third-order valence-corrected chi connectivity index (χ3v) is 4.30. The Labute approximate surface area is 158 Å². The van der Waals surface area contributed by atoms with Crippen LogP contribution in [0.3, 0.4) is 0 Å². The lowest BCUT2D eigenvalue weighted by molar-refractivity contribution is 0.111. The first-order valence-corrected chi connectivity index (χ1v) is 8.68. The van der Waals surface area contributed by atoms with Crippen LogP contribution in [-0.2, 0) is 13.2 Å². The van der Waals surface area contributed by atoms with Gasteiger partial charge in [-0.25, -0.2) is 0 Å². The van der Waals surface area contributed by atoms with Gasteiger partial charge in [-0.1, -0.05) is 72.3 Å². The number of rotatable bonds is 7. The highest BCUT2D eigenvalue weighted by Gasteiger charge is 2.17. The lowest BCUT2D eigenvalue weighted by Crippen LogP contribution is -2.04. The van der Waals surface area contributed by atoms with Gasteiger partial charge in [-0.2, -0.15) is 0 Å². The Balaban J connectivity index is 1.84. The van der Waals surface area contributed by atoms with Crippen LogP contribution in [0, 0.1) is 6.92 Å². The molecular formula is C22H19ClO3. The van der Waals surface area contributed by atoms with E-state index in [1.54, 1.807) is 6.07 Å². The van der Waals surface area contributed by atoms with Crippen LogP contribution in [-0.4, -0.2) is 6.29 Å². The molecule has 0 atom stereocenters. The van der Waals surface area contributed by atoms with Crippen molar-refractivity contribution in [1.82, 2.24) is 0 Å². The Morgan fingerprint density at radius 2 is 1.35 bits per heavy atom. The Morgan fingerprint density at radius 3 is 1.85 bits per heavy atom. The van der Waals surface area contributed by atoms with Crippen LogP contribution in [0.1, 0.15) is 27.0 Å². The van der Waals surface area contributed by atoms with Crippen LogP contribution in [0.5, 0.6) is 11.5 Å². The summed E-state index contributed by atoms with van der Waals surface area (Å²) in [6, 6.07) is 21.2. The fraction of sp³-hybridized carbons (Fsp3) is 0.136. The molecule has 4 heteroatoms. The summed E-state index contributed by atoms with van der Waals surface area (Å²) >= 11 is 6.33. The van der Waals surface area contributed by atoms with Gasteiger partial charge in [0.2, 0.25) is 0 Å². The van der Waals surface area contributed by atoms with Crippen LogP contribution in [0.2, 0.25) is 5.02 Å². The van der Waals surface area contributed by atoms with Crippen molar-refractivity contribution in [3.8, 4) is 11.5 Å². The van der Waals surface area contributed by atoms with Crippen molar-refractivity contribution in [2.45, 2.75) is 20.1 Å². The molecule has 0 aliphatic heterocycles. The SMILES string of the molecule is Cc1c(OCc2ccccc2)c(Cl)cc(C=O)c1OCc1ccccc1. The molecule has 0 radical (unpaired) electrons. The number of carbonyl (C=O) groups excluding carboxylic acids is 1. The van der Waals surface area contributed by atoms with E-state index in [2.05, 4.69) is 0 Å². The average molecular weight is 367 g/mol. The molecule has 0 aromatic heterocycles. The standard InChI is InChI=1S/C22H19ClO3/c1-16-21(25-14-17-8-4-2-5-9-17)19(13-24)12-20(23)22(16)26-15-18-10-6-3-7-11-18/h2-13H,14-15H2,1H3. The van der Waals surface area contributed by atoms with Crippen molar-refractivity contribution in [1.29, 1.82) is 0 Å². The van der Waals surface area contributed by atoms with Crippen molar-refractivity contribution in [2.24, 2.45) is 0 Å². The fourth-order valence-corrected chi connectivity index (χ4v) is 3.00. The highest BCUT2D eigenvalue weighted by atomic mass is 35.5. The molecule has 0 aliphatic rings. The predicted molar refractivity (Wildman–Crippen MR) is 103 cm³/mol. The number of hydrogen-bond donors (Lipinski definition) is 0. The first-order valence-electron chi connectivity index (χ1n) is 8.30. The van der Waals surface area contributed by atoms with Crippen LogP contribution in [0.15, 0.2) is 66.7 Å². The zero-order chi connectivity index (χ0) is 18.4. The summed E-state index contributed by atoms with van der Waals surface area (Å²) in [5, 5.41) is 0.396. The van der Waals surface area contributed by atoms with E-state index in [0.29, 0.717) is 40.9 Å². The molecule has 3 aromatic carbocycles. The fourth-order valence-electron chi connectivity index (χ4n) is 2.68. The van der Waals surface area contributed by atoms with Crippen LogP contribution < -0.4 is 9.47 Å². The van der Waals surface area contributed by atoms with Crippen LogP contribution in [0.4, 0.5) is 0 Å². The van der Waals surface area contributed by atoms with Gasteiger partial charge >= 0.3 is 0 Å². The molecule has 0 unspecified atom stereocenters. The minimum absolute atomic E-state index is 0.363. The molecule has 3 rings (SSSR count). The summed E-state index contributed by atoms with van der Waals surface area (Å²) in [6.45, 7) is 2.60. The average Bonchev–Trinajstić information content (AvgIpc) is 2.68. The van der Waals surface area contributed by atoms with E-state index in [0.717, 1.165) is 17.4 Å². The van der Waals surface area contributed by atoms with E-state index >= 15 is 0 Å². The molecule has 3 aromatic rings. The molecule has 0 spiro atoms. The number of aldehydes is 1. The van der Waals surface area contributed by atoms with Crippen molar-refractivity contribution in [3.05, 3.63) is 94.0 Å². The topological polar surface area (TPSA) is 35.5 Å². The predicted octanol–water partition coefficient (Wildman–Crippen LogP) is 5.62. The van der Waals surface area contributed by atoms with Crippen molar-refractivity contribution in [2.75, 3.05) is 0 Å². The van der Waals surface area contributed by atoms with Crippen LogP contribution >= 0.6 is 11.6 Å². The lowest BCUT2D eigenvalue weighted by Gasteiger charge is -2.17. The zero-order valence-corrected chi connectivity index (χ0v) is 15.2. The first kappa shape index (κ1) is 18.0. The molecule has 0 aliphatic carbocycles. The maximum Gasteiger partial charge on any atom is 0.153 e. The first-order chi connectivity index (χ1) is 12.7. The highest BCUT2D eigenvalue weighted by molar-refractivity contribution is 6.32. The molecule has 0 saturated heterocycles. The number of benzene rings is 3. The molecular weight excluding hydrogens is 348 g/mol. The number of carbonyl (C=O) groups is 1. The molecule has 0 heterocycles. The largest absolute Gasteiger partial charge is 0.488 e. The van der Waals surface area contributed by atoms with E-state index in [4.69, 9.17) is 21.1 Å². The maximum atomic E-state index is 11.5. The number of hydrogen-bond acceptors (Lipinski definition) is 3. The summed E-state index contributed by atoms with van der Waals surface area (Å²) in [7, 11) is 0. The Morgan fingerprint density at radius 1 is 0.846 bits per heavy atom. The molecule has 3 nitrogen and oxygen atoms in total. The quantitative estimate of drug-likeness (QED) is 0.509. The molecule has 26 heavy (non-hydrogen) atoms. The summed E-state index contributed by atoms with van der Waals surface area (Å²) in [6.07, 6.45) is 0.750. The molecule has 0 N–H and O–H groups in total. The van der Waals surface area contributed by atoms with Gasteiger partial charge in [-0.05, 0) is 24.1 Å². The Hall–Kier alpha value is -2.78. The highest BCUT2D eigenvalue weighted by Crippen LogP contribution is 2.38. The van der Waals surface area contributed by atoms with Gasteiger partial charge in [0.15, 0.2) is 6.29 Å². The minimum atomic E-state index is 0.363. The summed E-state index contributed by atoms with van der Waals surface area (Å²) in [5.41, 5.74) is 3.18. The Kier molecular flexibility index (Phi) is 5.92. The van der Waals surface area contributed by atoms with E-state index in [1.807, 2.05) is 67.6 Å². The van der Waals surface area contributed by atoms with Gasteiger partial charge in [-0.15, -0.1) is 0 Å². The maximum absolute atomic E-state index is 11.5.